The number of ether oxygens (including phenoxy) is 2. The summed E-state index contributed by atoms with van der Waals surface area (Å²) >= 11 is 5.91. The molecule has 21 heavy (non-hydrogen) atoms. The lowest BCUT2D eigenvalue weighted by Crippen LogP contribution is -2.06. The summed E-state index contributed by atoms with van der Waals surface area (Å²) in [6.45, 7) is 0.595. The molecule has 0 atom stereocenters. The molecule has 2 aromatic carbocycles. The minimum atomic E-state index is 0.595. The molecule has 0 spiro atoms. The number of methoxy groups -OCH3 is 2. The third-order valence-electron chi connectivity index (χ3n) is 2.88. The molecule has 110 valence electrons. The van der Waals surface area contributed by atoms with E-state index in [0.29, 0.717) is 23.1 Å². The monoisotopic (exact) mass is 304 g/mol. The summed E-state index contributed by atoms with van der Waals surface area (Å²) in [4.78, 5) is 0. The first kappa shape index (κ1) is 15.2. The highest BCUT2D eigenvalue weighted by Crippen LogP contribution is 2.27. The van der Waals surface area contributed by atoms with Crippen molar-refractivity contribution in [3.05, 3.63) is 58.6 Å². The minimum Gasteiger partial charge on any atom is -0.493 e. The van der Waals surface area contributed by atoms with Crippen molar-refractivity contribution in [2.24, 2.45) is 5.10 Å². The van der Waals surface area contributed by atoms with E-state index in [1.165, 1.54) is 0 Å². The van der Waals surface area contributed by atoms with Gasteiger partial charge in [0.05, 0.1) is 27.0 Å². The quantitative estimate of drug-likeness (QED) is 0.656. The lowest BCUT2D eigenvalue weighted by Gasteiger charge is -2.09. The van der Waals surface area contributed by atoms with Crippen molar-refractivity contribution in [2.45, 2.75) is 6.54 Å². The normalized spacial score (nSPS) is 10.6. The summed E-state index contributed by atoms with van der Waals surface area (Å²) in [7, 11) is 3.23. The van der Waals surface area contributed by atoms with E-state index in [4.69, 9.17) is 21.1 Å². The van der Waals surface area contributed by atoms with Crippen LogP contribution in [0.4, 0.5) is 0 Å². The molecule has 0 unspecified atom stereocenters. The Kier molecular flexibility index (Phi) is 5.46. The van der Waals surface area contributed by atoms with Gasteiger partial charge in [0, 0.05) is 5.02 Å². The van der Waals surface area contributed by atoms with Crippen LogP contribution in [0.3, 0.4) is 0 Å². The van der Waals surface area contributed by atoms with Crippen LogP contribution in [0.15, 0.2) is 47.6 Å². The van der Waals surface area contributed by atoms with Gasteiger partial charge < -0.3 is 14.9 Å². The fraction of sp³-hybridized carbons (Fsp3) is 0.188. The van der Waals surface area contributed by atoms with E-state index in [-0.39, 0.29) is 0 Å². The van der Waals surface area contributed by atoms with Crippen molar-refractivity contribution >= 4 is 17.8 Å². The standard InChI is InChI=1S/C16H17ClN2O2/c1-20-15-7-6-13(9-16(15)21-2)11-19-18-10-12-4-3-5-14(17)8-12/h3-10,19H,11H2,1-2H3/b18-10+. The van der Waals surface area contributed by atoms with E-state index in [1.807, 2.05) is 42.5 Å². The number of hydrogen-bond donors (Lipinski definition) is 1. The van der Waals surface area contributed by atoms with Gasteiger partial charge in [-0.25, -0.2) is 0 Å². The molecule has 0 radical (unpaired) electrons. The van der Waals surface area contributed by atoms with E-state index >= 15 is 0 Å². The first-order chi connectivity index (χ1) is 10.2. The SMILES string of the molecule is COc1ccc(CN/N=C/c2cccc(Cl)c2)cc1OC. The Morgan fingerprint density at radius 1 is 1.10 bits per heavy atom. The van der Waals surface area contributed by atoms with Crippen molar-refractivity contribution in [3.8, 4) is 11.5 Å². The molecular formula is C16H17ClN2O2. The van der Waals surface area contributed by atoms with Gasteiger partial charge in [-0.1, -0.05) is 29.8 Å². The first-order valence-corrected chi connectivity index (χ1v) is 6.83. The second-order valence-corrected chi connectivity index (χ2v) is 4.77. The number of rotatable bonds is 6. The average Bonchev–Trinajstić information content (AvgIpc) is 2.51. The van der Waals surface area contributed by atoms with Crippen LogP contribution in [0.5, 0.6) is 11.5 Å². The Morgan fingerprint density at radius 3 is 2.62 bits per heavy atom. The summed E-state index contributed by atoms with van der Waals surface area (Å²) < 4.78 is 10.5. The predicted molar refractivity (Wildman–Crippen MR) is 85.4 cm³/mol. The van der Waals surface area contributed by atoms with Gasteiger partial charge in [0.1, 0.15) is 0 Å². The van der Waals surface area contributed by atoms with E-state index in [9.17, 15) is 0 Å². The molecule has 0 aromatic heterocycles. The number of hydrogen-bond acceptors (Lipinski definition) is 4. The highest BCUT2D eigenvalue weighted by molar-refractivity contribution is 6.30. The molecule has 0 aliphatic carbocycles. The van der Waals surface area contributed by atoms with Crippen molar-refractivity contribution in [3.63, 3.8) is 0 Å². The fourth-order valence-electron chi connectivity index (χ4n) is 1.83. The molecule has 5 heteroatoms. The lowest BCUT2D eigenvalue weighted by molar-refractivity contribution is 0.354. The molecule has 0 bridgehead atoms. The highest BCUT2D eigenvalue weighted by Gasteiger charge is 2.03. The van der Waals surface area contributed by atoms with Crippen LogP contribution in [-0.2, 0) is 6.54 Å². The van der Waals surface area contributed by atoms with Crippen LogP contribution < -0.4 is 14.9 Å². The maximum atomic E-state index is 5.91. The van der Waals surface area contributed by atoms with Crippen LogP contribution in [0.2, 0.25) is 5.02 Å². The second kappa shape index (κ2) is 7.55. The maximum absolute atomic E-state index is 5.91. The van der Waals surface area contributed by atoms with Crippen LogP contribution in [0.1, 0.15) is 11.1 Å². The Balaban J connectivity index is 1.94. The van der Waals surface area contributed by atoms with Crippen molar-refractivity contribution in [1.29, 1.82) is 0 Å². The molecule has 4 nitrogen and oxygen atoms in total. The van der Waals surface area contributed by atoms with Gasteiger partial charge in [-0.2, -0.15) is 5.10 Å². The van der Waals surface area contributed by atoms with E-state index < -0.39 is 0 Å². The molecular weight excluding hydrogens is 288 g/mol. The number of hydrazone groups is 1. The Morgan fingerprint density at radius 2 is 1.90 bits per heavy atom. The van der Waals surface area contributed by atoms with Gasteiger partial charge in [-0.05, 0) is 35.4 Å². The van der Waals surface area contributed by atoms with Gasteiger partial charge in [0.25, 0.3) is 0 Å². The lowest BCUT2D eigenvalue weighted by atomic mass is 10.2. The van der Waals surface area contributed by atoms with Gasteiger partial charge in [-0.3, -0.25) is 0 Å². The summed E-state index contributed by atoms with van der Waals surface area (Å²) in [5.41, 5.74) is 4.99. The summed E-state index contributed by atoms with van der Waals surface area (Å²) in [5.74, 6) is 1.42. The van der Waals surface area contributed by atoms with E-state index in [0.717, 1.165) is 11.1 Å². The largest absolute Gasteiger partial charge is 0.493 e. The average molecular weight is 305 g/mol. The van der Waals surface area contributed by atoms with Gasteiger partial charge in [0.2, 0.25) is 0 Å². The first-order valence-electron chi connectivity index (χ1n) is 6.45. The van der Waals surface area contributed by atoms with E-state index in [2.05, 4.69) is 10.5 Å². The van der Waals surface area contributed by atoms with Crippen LogP contribution in [-0.4, -0.2) is 20.4 Å². The number of nitrogens with one attached hydrogen (secondary N) is 1. The van der Waals surface area contributed by atoms with Crippen LogP contribution in [0.25, 0.3) is 0 Å². The molecule has 0 amide bonds. The molecule has 2 aromatic rings. The summed E-state index contributed by atoms with van der Waals surface area (Å²) in [6, 6.07) is 13.3. The van der Waals surface area contributed by atoms with Crippen molar-refractivity contribution in [1.82, 2.24) is 5.43 Å². The molecule has 0 saturated carbocycles. The predicted octanol–water partition coefficient (Wildman–Crippen LogP) is 3.48. The smallest absolute Gasteiger partial charge is 0.161 e. The Bertz CT molecular complexity index is 629. The zero-order chi connectivity index (χ0) is 15.1. The number of halogens is 1. The molecule has 0 aliphatic rings. The second-order valence-electron chi connectivity index (χ2n) is 4.34. The fourth-order valence-corrected chi connectivity index (χ4v) is 2.03. The third kappa shape index (κ3) is 4.39. The van der Waals surface area contributed by atoms with Gasteiger partial charge in [0.15, 0.2) is 11.5 Å². The zero-order valence-corrected chi connectivity index (χ0v) is 12.7. The van der Waals surface area contributed by atoms with Gasteiger partial charge >= 0.3 is 0 Å². The minimum absolute atomic E-state index is 0.595. The molecule has 2 rings (SSSR count). The zero-order valence-electron chi connectivity index (χ0n) is 12.0. The topological polar surface area (TPSA) is 42.8 Å². The van der Waals surface area contributed by atoms with Crippen molar-refractivity contribution < 1.29 is 9.47 Å². The summed E-state index contributed by atoms with van der Waals surface area (Å²) in [5, 5.41) is 4.86. The Labute approximate surface area is 129 Å². The molecule has 0 aliphatic heterocycles. The molecule has 0 fully saturated rings. The molecule has 0 saturated heterocycles. The maximum Gasteiger partial charge on any atom is 0.161 e. The number of benzene rings is 2. The molecule has 0 heterocycles. The van der Waals surface area contributed by atoms with Gasteiger partial charge in [-0.15, -0.1) is 0 Å². The number of nitrogens with zero attached hydrogens (tertiary/aromatic N) is 1. The van der Waals surface area contributed by atoms with Crippen LogP contribution >= 0.6 is 11.6 Å². The Hall–Kier alpha value is -2.20. The molecule has 1 N–H and O–H groups in total. The van der Waals surface area contributed by atoms with E-state index in [1.54, 1.807) is 20.4 Å². The third-order valence-corrected chi connectivity index (χ3v) is 3.12. The van der Waals surface area contributed by atoms with Crippen molar-refractivity contribution in [2.75, 3.05) is 14.2 Å². The highest BCUT2D eigenvalue weighted by atomic mass is 35.5. The van der Waals surface area contributed by atoms with Crippen LogP contribution in [0, 0.1) is 0 Å². The summed E-state index contributed by atoms with van der Waals surface area (Å²) in [6.07, 6.45) is 1.73.